The molecule has 4 heteroatoms. The molecule has 0 spiro atoms. The maximum absolute atomic E-state index is 11.5. The second-order valence-electron chi connectivity index (χ2n) is 3.30. The van der Waals surface area contributed by atoms with Crippen molar-refractivity contribution >= 4 is 11.9 Å². The van der Waals surface area contributed by atoms with Gasteiger partial charge in [-0.3, -0.25) is 0 Å². The van der Waals surface area contributed by atoms with Crippen molar-refractivity contribution in [2.75, 3.05) is 6.61 Å². The largest absolute Gasteiger partial charge is 0.462 e. The Bertz CT molecular complexity index is 434. The van der Waals surface area contributed by atoms with Crippen LogP contribution in [0.3, 0.4) is 0 Å². The lowest BCUT2D eigenvalue weighted by molar-refractivity contribution is -0.135. The van der Waals surface area contributed by atoms with Crippen LogP contribution in [0.1, 0.15) is 16.8 Å². The molecule has 2 rings (SSSR count). The lowest BCUT2D eigenvalue weighted by Gasteiger charge is -1.99. The topological polar surface area (TPSA) is 52.6 Å². The molecule has 0 saturated carbocycles. The van der Waals surface area contributed by atoms with Crippen molar-refractivity contribution in [3.8, 4) is 0 Å². The second kappa shape index (κ2) is 4.61. The number of ether oxygens (including phenoxy) is 2. The Labute approximate surface area is 92.5 Å². The Kier molecular flexibility index (Phi) is 3.00. The lowest BCUT2D eigenvalue weighted by Crippen LogP contribution is -2.02. The molecule has 0 N–H and O–H groups in total. The third-order valence-corrected chi connectivity index (χ3v) is 2.18. The molecule has 1 aromatic carbocycles. The maximum Gasteiger partial charge on any atom is 0.342 e. The van der Waals surface area contributed by atoms with E-state index < -0.39 is 11.9 Å². The first kappa shape index (κ1) is 10.4. The van der Waals surface area contributed by atoms with Crippen LogP contribution in [0, 0.1) is 0 Å². The predicted octanol–water partition coefficient (Wildman–Crippen LogP) is 1.67. The summed E-state index contributed by atoms with van der Waals surface area (Å²) in [5.41, 5.74) is 0.843. The highest BCUT2D eigenvalue weighted by Gasteiger charge is 2.19. The Morgan fingerprint density at radius 1 is 1.31 bits per heavy atom. The molecule has 0 amide bonds. The number of hydrogen-bond acceptors (Lipinski definition) is 4. The highest BCUT2D eigenvalue weighted by molar-refractivity contribution is 5.92. The van der Waals surface area contributed by atoms with E-state index in [1.807, 2.05) is 6.07 Å². The molecule has 0 atom stereocenters. The second-order valence-corrected chi connectivity index (χ2v) is 3.30. The molecule has 0 aliphatic carbocycles. The zero-order valence-electron chi connectivity index (χ0n) is 8.51. The molecule has 82 valence electrons. The summed E-state index contributed by atoms with van der Waals surface area (Å²) >= 11 is 0. The standard InChI is InChI=1S/C12H10O4/c13-11(9-4-2-1-3-5-9)16-8-10-6-7-15-12(10)14/h1-5,8H,6-7H2/b10-8-. The third-order valence-electron chi connectivity index (χ3n) is 2.18. The Morgan fingerprint density at radius 2 is 2.06 bits per heavy atom. The van der Waals surface area contributed by atoms with Crippen molar-refractivity contribution < 1.29 is 19.1 Å². The van der Waals surface area contributed by atoms with Gasteiger partial charge in [-0.2, -0.15) is 0 Å². The fraction of sp³-hybridized carbons (Fsp3) is 0.167. The molecule has 0 unspecified atom stereocenters. The van der Waals surface area contributed by atoms with E-state index in [4.69, 9.17) is 9.47 Å². The van der Waals surface area contributed by atoms with Gasteiger partial charge in [0, 0.05) is 6.42 Å². The van der Waals surface area contributed by atoms with Crippen LogP contribution in [0.25, 0.3) is 0 Å². The van der Waals surface area contributed by atoms with Crippen molar-refractivity contribution in [3.63, 3.8) is 0 Å². The minimum atomic E-state index is -0.479. The van der Waals surface area contributed by atoms with E-state index in [-0.39, 0.29) is 0 Å². The minimum Gasteiger partial charge on any atom is -0.462 e. The molecular formula is C12H10O4. The molecule has 0 radical (unpaired) electrons. The quantitative estimate of drug-likeness (QED) is 0.430. The smallest absolute Gasteiger partial charge is 0.342 e. The third kappa shape index (κ3) is 2.28. The summed E-state index contributed by atoms with van der Waals surface area (Å²) in [6.07, 6.45) is 1.66. The summed E-state index contributed by atoms with van der Waals surface area (Å²) in [5, 5.41) is 0. The SMILES string of the molecule is O=C1OCC/C1=C/OC(=O)c1ccccc1. The van der Waals surface area contributed by atoms with Gasteiger partial charge in [0.2, 0.25) is 0 Å². The Hall–Kier alpha value is -2.10. The van der Waals surface area contributed by atoms with Gasteiger partial charge in [-0.05, 0) is 12.1 Å². The zero-order chi connectivity index (χ0) is 11.4. The lowest BCUT2D eigenvalue weighted by atomic mass is 10.2. The van der Waals surface area contributed by atoms with Gasteiger partial charge in [0.25, 0.3) is 0 Å². The Balaban J connectivity index is 2.01. The monoisotopic (exact) mass is 218 g/mol. The van der Waals surface area contributed by atoms with Crippen LogP contribution >= 0.6 is 0 Å². The molecule has 0 bridgehead atoms. The maximum atomic E-state index is 11.5. The summed E-state index contributed by atoms with van der Waals surface area (Å²) in [7, 11) is 0. The van der Waals surface area contributed by atoms with Crippen LogP contribution in [0.2, 0.25) is 0 Å². The summed E-state index contributed by atoms with van der Waals surface area (Å²) in [4.78, 5) is 22.5. The number of carbonyl (C=O) groups is 2. The van der Waals surface area contributed by atoms with Crippen LogP contribution in [0.5, 0.6) is 0 Å². The molecule has 1 aliphatic heterocycles. The molecule has 0 aromatic heterocycles. The van der Waals surface area contributed by atoms with Crippen molar-refractivity contribution in [1.82, 2.24) is 0 Å². The van der Waals surface area contributed by atoms with Crippen molar-refractivity contribution in [3.05, 3.63) is 47.7 Å². The van der Waals surface area contributed by atoms with Gasteiger partial charge in [-0.1, -0.05) is 18.2 Å². The molecule has 1 heterocycles. The number of rotatable bonds is 2. The van der Waals surface area contributed by atoms with Crippen LogP contribution in [0.4, 0.5) is 0 Å². The van der Waals surface area contributed by atoms with E-state index in [1.165, 1.54) is 6.26 Å². The van der Waals surface area contributed by atoms with E-state index >= 15 is 0 Å². The van der Waals surface area contributed by atoms with Gasteiger partial charge >= 0.3 is 11.9 Å². The molecule has 1 fully saturated rings. The first-order chi connectivity index (χ1) is 7.77. The number of carbonyl (C=O) groups excluding carboxylic acids is 2. The van der Waals surface area contributed by atoms with E-state index in [9.17, 15) is 9.59 Å². The number of benzene rings is 1. The van der Waals surface area contributed by atoms with Crippen molar-refractivity contribution in [1.29, 1.82) is 0 Å². The molecule has 4 nitrogen and oxygen atoms in total. The van der Waals surface area contributed by atoms with E-state index in [1.54, 1.807) is 24.3 Å². The zero-order valence-corrected chi connectivity index (χ0v) is 8.51. The van der Waals surface area contributed by atoms with Crippen molar-refractivity contribution in [2.24, 2.45) is 0 Å². The summed E-state index contributed by atoms with van der Waals surface area (Å²) < 4.78 is 9.59. The van der Waals surface area contributed by atoms with Gasteiger partial charge in [-0.15, -0.1) is 0 Å². The van der Waals surface area contributed by atoms with Gasteiger partial charge in [0.15, 0.2) is 0 Å². The van der Waals surface area contributed by atoms with Crippen LogP contribution < -0.4 is 0 Å². The summed E-state index contributed by atoms with van der Waals surface area (Å²) in [6, 6.07) is 8.59. The van der Waals surface area contributed by atoms with Gasteiger partial charge in [0.1, 0.15) is 6.26 Å². The minimum absolute atomic E-state index is 0.355. The molecule has 1 aliphatic rings. The van der Waals surface area contributed by atoms with E-state index in [2.05, 4.69) is 0 Å². The number of cyclic esters (lactones) is 1. The number of esters is 2. The van der Waals surface area contributed by atoms with E-state index in [0.29, 0.717) is 24.2 Å². The van der Waals surface area contributed by atoms with Gasteiger partial charge in [0.05, 0.1) is 17.7 Å². The molecule has 16 heavy (non-hydrogen) atoms. The van der Waals surface area contributed by atoms with Crippen molar-refractivity contribution in [2.45, 2.75) is 6.42 Å². The number of hydrogen-bond donors (Lipinski definition) is 0. The van der Waals surface area contributed by atoms with Crippen LogP contribution in [-0.2, 0) is 14.3 Å². The fourth-order valence-electron chi connectivity index (χ4n) is 1.32. The van der Waals surface area contributed by atoms with E-state index in [0.717, 1.165) is 0 Å². The average Bonchev–Trinajstić information content (AvgIpc) is 2.73. The first-order valence-corrected chi connectivity index (χ1v) is 4.89. The van der Waals surface area contributed by atoms with Gasteiger partial charge < -0.3 is 9.47 Å². The summed E-state index contributed by atoms with van der Waals surface area (Å²) in [6.45, 7) is 0.355. The summed E-state index contributed by atoms with van der Waals surface area (Å²) in [5.74, 6) is -0.895. The normalized spacial score (nSPS) is 17.2. The average molecular weight is 218 g/mol. The highest BCUT2D eigenvalue weighted by Crippen LogP contribution is 2.13. The Morgan fingerprint density at radius 3 is 2.69 bits per heavy atom. The predicted molar refractivity (Wildman–Crippen MR) is 55.5 cm³/mol. The van der Waals surface area contributed by atoms with Crippen LogP contribution in [-0.4, -0.2) is 18.5 Å². The first-order valence-electron chi connectivity index (χ1n) is 4.89. The molecular weight excluding hydrogens is 208 g/mol. The molecule has 1 saturated heterocycles. The molecule has 1 aromatic rings. The van der Waals surface area contributed by atoms with Gasteiger partial charge in [-0.25, -0.2) is 9.59 Å². The highest BCUT2D eigenvalue weighted by atomic mass is 16.5. The fourth-order valence-corrected chi connectivity index (χ4v) is 1.32. The van der Waals surface area contributed by atoms with Crippen LogP contribution in [0.15, 0.2) is 42.2 Å².